The quantitative estimate of drug-likeness (QED) is 0.839. The van der Waals surface area contributed by atoms with Crippen LogP contribution in [0.4, 0.5) is 4.39 Å². The summed E-state index contributed by atoms with van der Waals surface area (Å²) in [5.74, 6) is -0.107. The predicted octanol–water partition coefficient (Wildman–Crippen LogP) is 3.65. The zero-order chi connectivity index (χ0) is 12.8. The molecule has 0 aliphatic heterocycles. The molecule has 1 unspecified atom stereocenters. The van der Waals surface area contributed by atoms with Gasteiger partial charge in [0.25, 0.3) is 0 Å². The third-order valence-corrected chi connectivity index (χ3v) is 3.86. The van der Waals surface area contributed by atoms with Crippen molar-refractivity contribution in [2.75, 3.05) is 6.54 Å². The van der Waals surface area contributed by atoms with Crippen LogP contribution in [0.1, 0.15) is 17.4 Å². The zero-order valence-electron chi connectivity index (χ0n) is 10.5. The molecule has 1 N–H and O–H groups in total. The minimum absolute atomic E-state index is 0.107. The molecule has 1 aromatic heterocycles. The lowest BCUT2D eigenvalue weighted by molar-refractivity contribution is 0.529. The summed E-state index contributed by atoms with van der Waals surface area (Å²) in [6, 6.07) is 11.5. The Labute approximate surface area is 112 Å². The summed E-state index contributed by atoms with van der Waals surface area (Å²) in [4.78, 5) is 1.39. The maximum Gasteiger partial charge on any atom is 0.126 e. The molecular formula is C15H18FNS. The molecule has 0 aliphatic rings. The Kier molecular flexibility index (Phi) is 4.90. The molecule has 2 aromatic rings. The molecule has 0 bridgehead atoms. The van der Waals surface area contributed by atoms with E-state index in [1.807, 2.05) is 12.1 Å². The van der Waals surface area contributed by atoms with Crippen LogP contribution in [-0.4, -0.2) is 12.6 Å². The van der Waals surface area contributed by atoms with Gasteiger partial charge in [-0.3, -0.25) is 0 Å². The smallest absolute Gasteiger partial charge is 0.126 e. The summed E-state index contributed by atoms with van der Waals surface area (Å²) in [6.45, 7) is 3.04. The van der Waals surface area contributed by atoms with Gasteiger partial charge in [0.1, 0.15) is 5.82 Å². The maximum absolute atomic E-state index is 13.5. The van der Waals surface area contributed by atoms with Gasteiger partial charge in [0.05, 0.1) is 0 Å². The molecule has 2 rings (SSSR count). The average molecular weight is 263 g/mol. The lowest BCUT2D eigenvalue weighted by Crippen LogP contribution is -2.30. The van der Waals surface area contributed by atoms with Gasteiger partial charge in [-0.15, -0.1) is 11.3 Å². The Morgan fingerprint density at radius 2 is 2.06 bits per heavy atom. The van der Waals surface area contributed by atoms with Crippen LogP contribution in [0.5, 0.6) is 0 Å². The van der Waals surface area contributed by atoms with E-state index in [0.29, 0.717) is 6.04 Å². The summed E-state index contributed by atoms with van der Waals surface area (Å²) in [6.07, 6.45) is 1.77. The number of benzene rings is 1. The lowest BCUT2D eigenvalue weighted by Gasteiger charge is -2.13. The number of nitrogens with one attached hydrogen (secondary N) is 1. The van der Waals surface area contributed by atoms with Crippen molar-refractivity contribution in [1.82, 2.24) is 5.32 Å². The van der Waals surface area contributed by atoms with Gasteiger partial charge in [0.15, 0.2) is 0 Å². The summed E-state index contributed by atoms with van der Waals surface area (Å²) >= 11 is 1.78. The highest BCUT2D eigenvalue weighted by atomic mass is 32.1. The Morgan fingerprint density at radius 3 is 2.78 bits per heavy atom. The number of halogens is 1. The molecule has 0 fully saturated rings. The minimum atomic E-state index is -0.107. The van der Waals surface area contributed by atoms with E-state index in [0.717, 1.165) is 24.9 Å². The van der Waals surface area contributed by atoms with E-state index in [9.17, 15) is 4.39 Å². The third-order valence-electron chi connectivity index (χ3n) is 2.93. The van der Waals surface area contributed by atoms with Crippen molar-refractivity contribution in [1.29, 1.82) is 0 Å². The van der Waals surface area contributed by atoms with E-state index in [-0.39, 0.29) is 5.82 Å². The Hall–Kier alpha value is -1.19. The predicted molar refractivity (Wildman–Crippen MR) is 75.6 cm³/mol. The summed E-state index contributed by atoms with van der Waals surface area (Å²) in [5.41, 5.74) is 0.786. The van der Waals surface area contributed by atoms with Crippen LogP contribution in [0, 0.1) is 5.82 Å². The SMILES string of the molecule is CC(Cc1ccccc1F)NCCc1cccs1. The number of thiophene rings is 1. The van der Waals surface area contributed by atoms with Crippen LogP contribution in [-0.2, 0) is 12.8 Å². The van der Waals surface area contributed by atoms with E-state index in [1.165, 1.54) is 10.9 Å². The van der Waals surface area contributed by atoms with Gasteiger partial charge >= 0.3 is 0 Å². The van der Waals surface area contributed by atoms with Crippen molar-refractivity contribution >= 4 is 11.3 Å². The highest BCUT2D eigenvalue weighted by molar-refractivity contribution is 7.09. The fourth-order valence-corrected chi connectivity index (χ4v) is 2.67. The van der Waals surface area contributed by atoms with Gasteiger partial charge in [-0.2, -0.15) is 0 Å². The van der Waals surface area contributed by atoms with Crippen LogP contribution in [0.3, 0.4) is 0 Å². The fraction of sp³-hybridized carbons (Fsp3) is 0.333. The highest BCUT2D eigenvalue weighted by Crippen LogP contribution is 2.10. The van der Waals surface area contributed by atoms with Crippen molar-refractivity contribution in [2.24, 2.45) is 0 Å². The molecule has 1 aromatic carbocycles. The van der Waals surface area contributed by atoms with E-state index in [2.05, 4.69) is 29.8 Å². The Morgan fingerprint density at radius 1 is 1.22 bits per heavy atom. The fourth-order valence-electron chi connectivity index (χ4n) is 1.96. The first-order valence-electron chi connectivity index (χ1n) is 6.25. The normalized spacial score (nSPS) is 12.6. The molecule has 0 saturated carbocycles. The van der Waals surface area contributed by atoms with Crippen LogP contribution in [0.25, 0.3) is 0 Å². The van der Waals surface area contributed by atoms with E-state index in [4.69, 9.17) is 0 Å². The van der Waals surface area contributed by atoms with Gasteiger partial charge in [-0.1, -0.05) is 24.3 Å². The highest BCUT2D eigenvalue weighted by Gasteiger charge is 2.06. The second-order valence-electron chi connectivity index (χ2n) is 4.48. The molecule has 96 valence electrons. The monoisotopic (exact) mass is 263 g/mol. The molecule has 1 heterocycles. The molecule has 0 aliphatic carbocycles. The van der Waals surface area contributed by atoms with Crippen molar-refractivity contribution in [3.05, 3.63) is 58.0 Å². The first kappa shape index (κ1) is 13.2. The van der Waals surface area contributed by atoms with Gasteiger partial charge in [0, 0.05) is 17.5 Å². The molecule has 1 atom stereocenters. The molecule has 0 spiro atoms. The maximum atomic E-state index is 13.5. The molecule has 1 nitrogen and oxygen atoms in total. The van der Waals surface area contributed by atoms with Crippen molar-refractivity contribution < 1.29 is 4.39 Å². The van der Waals surface area contributed by atoms with E-state index >= 15 is 0 Å². The van der Waals surface area contributed by atoms with E-state index < -0.39 is 0 Å². The molecule has 0 amide bonds. The van der Waals surface area contributed by atoms with Gasteiger partial charge in [0.2, 0.25) is 0 Å². The largest absolute Gasteiger partial charge is 0.314 e. The standard InChI is InChI=1S/C15H18FNS/c1-12(11-13-5-2-3-7-15(13)16)17-9-8-14-6-4-10-18-14/h2-7,10,12,17H,8-9,11H2,1H3. The summed E-state index contributed by atoms with van der Waals surface area (Å²) < 4.78 is 13.5. The van der Waals surface area contributed by atoms with Crippen LogP contribution >= 0.6 is 11.3 Å². The number of hydrogen-bond acceptors (Lipinski definition) is 2. The van der Waals surface area contributed by atoms with Crippen molar-refractivity contribution in [3.8, 4) is 0 Å². The summed E-state index contributed by atoms with van der Waals surface area (Å²) in [7, 11) is 0. The Bertz CT molecular complexity index is 467. The van der Waals surface area contributed by atoms with Crippen LogP contribution < -0.4 is 5.32 Å². The minimum Gasteiger partial charge on any atom is -0.314 e. The first-order chi connectivity index (χ1) is 8.75. The Balaban J connectivity index is 1.75. The zero-order valence-corrected chi connectivity index (χ0v) is 11.3. The second kappa shape index (κ2) is 6.66. The van der Waals surface area contributed by atoms with E-state index in [1.54, 1.807) is 17.4 Å². The average Bonchev–Trinajstić information content (AvgIpc) is 2.85. The molecule has 0 radical (unpaired) electrons. The van der Waals surface area contributed by atoms with Gasteiger partial charge in [-0.05, 0) is 42.8 Å². The van der Waals surface area contributed by atoms with Crippen LogP contribution in [0.15, 0.2) is 41.8 Å². The summed E-state index contributed by atoms with van der Waals surface area (Å²) in [5, 5.41) is 5.53. The molecular weight excluding hydrogens is 245 g/mol. The second-order valence-corrected chi connectivity index (χ2v) is 5.51. The molecule has 3 heteroatoms. The first-order valence-corrected chi connectivity index (χ1v) is 7.13. The van der Waals surface area contributed by atoms with Crippen molar-refractivity contribution in [2.45, 2.75) is 25.8 Å². The molecule has 0 saturated heterocycles. The number of rotatable bonds is 6. The topological polar surface area (TPSA) is 12.0 Å². The number of hydrogen-bond donors (Lipinski definition) is 1. The van der Waals surface area contributed by atoms with Gasteiger partial charge < -0.3 is 5.32 Å². The molecule has 18 heavy (non-hydrogen) atoms. The van der Waals surface area contributed by atoms with Gasteiger partial charge in [-0.25, -0.2) is 4.39 Å². The lowest BCUT2D eigenvalue weighted by atomic mass is 10.1. The van der Waals surface area contributed by atoms with Crippen LogP contribution in [0.2, 0.25) is 0 Å². The third kappa shape index (κ3) is 3.93. The van der Waals surface area contributed by atoms with Crippen molar-refractivity contribution in [3.63, 3.8) is 0 Å².